The Balaban J connectivity index is 1.95. The molecule has 1 aromatic heterocycles. The van der Waals surface area contributed by atoms with Crippen molar-refractivity contribution in [1.29, 1.82) is 0 Å². The first-order chi connectivity index (χ1) is 12.3. The molecule has 1 aromatic carbocycles. The summed E-state index contributed by atoms with van der Waals surface area (Å²) in [5, 5.41) is 0.370. The van der Waals surface area contributed by atoms with Gasteiger partial charge >= 0.3 is 0 Å². The monoisotopic (exact) mass is 417 g/mol. The van der Waals surface area contributed by atoms with Crippen LogP contribution in [0.4, 0.5) is 5.69 Å². The molecule has 0 atom stereocenters. The Labute approximate surface area is 161 Å². The molecule has 0 amide bonds. The minimum absolute atomic E-state index is 0.00774. The lowest BCUT2D eigenvalue weighted by molar-refractivity contribution is 0.377. The highest BCUT2D eigenvalue weighted by molar-refractivity contribution is 7.89. The van der Waals surface area contributed by atoms with Crippen molar-refractivity contribution < 1.29 is 17.9 Å². The van der Waals surface area contributed by atoms with Crippen molar-refractivity contribution >= 4 is 38.9 Å². The molecule has 10 heteroatoms. The fraction of sp³-hybridized carbons (Fsp3) is 0.312. The molecule has 0 saturated heterocycles. The minimum atomic E-state index is -3.79. The number of hydrogen-bond acceptors (Lipinski definition) is 6. The zero-order chi connectivity index (χ0) is 18.9. The summed E-state index contributed by atoms with van der Waals surface area (Å²) in [6.45, 7) is 0. The predicted molar refractivity (Wildman–Crippen MR) is 99.7 cm³/mol. The molecule has 1 aliphatic carbocycles. The summed E-state index contributed by atoms with van der Waals surface area (Å²) in [7, 11) is -2.42. The van der Waals surface area contributed by atoms with Gasteiger partial charge in [0.15, 0.2) is 11.5 Å². The molecule has 7 nitrogen and oxygen atoms in total. The topological polar surface area (TPSA) is 104 Å². The van der Waals surface area contributed by atoms with Gasteiger partial charge in [0.25, 0.3) is 0 Å². The van der Waals surface area contributed by atoms with Gasteiger partial charge in [-0.25, -0.2) is 18.1 Å². The molecule has 140 valence electrons. The van der Waals surface area contributed by atoms with Crippen LogP contribution in [0, 0.1) is 0 Å². The lowest BCUT2D eigenvalue weighted by Crippen LogP contribution is -2.39. The number of nitrogens with two attached hydrogens (primary N) is 1. The second-order valence-corrected chi connectivity index (χ2v) is 8.34. The van der Waals surface area contributed by atoms with Gasteiger partial charge in [0, 0.05) is 17.8 Å². The van der Waals surface area contributed by atoms with Crippen molar-refractivity contribution in [2.45, 2.75) is 30.2 Å². The predicted octanol–water partition coefficient (Wildman–Crippen LogP) is 3.60. The van der Waals surface area contributed by atoms with Crippen molar-refractivity contribution in [2.24, 2.45) is 0 Å². The van der Waals surface area contributed by atoms with E-state index in [-0.39, 0.29) is 38.4 Å². The van der Waals surface area contributed by atoms with Crippen LogP contribution in [-0.2, 0) is 10.0 Å². The molecule has 0 spiro atoms. The van der Waals surface area contributed by atoms with E-state index >= 15 is 0 Å². The van der Waals surface area contributed by atoms with E-state index < -0.39 is 10.0 Å². The smallest absolute Gasteiger partial charge is 0.244 e. The first kappa shape index (κ1) is 19.0. The molecule has 0 radical (unpaired) electrons. The van der Waals surface area contributed by atoms with Gasteiger partial charge in [-0.15, -0.1) is 0 Å². The number of nitrogens with one attached hydrogen (secondary N) is 1. The Morgan fingerprint density at radius 1 is 1.23 bits per heavy atom. The van der Waals surface area contributed by atoms with Crippen molar-refractivity contribution in [3.8, 4) is 17.4 Å². The number of anilines is 1. The number of sulfonamides is 1. The molecule has 2 aromatic rings. The summed E-state index contributed by atoms with van der Waals surface area (Å²) in [5.41, 5.74) is 6.04. The zero-order valence-electron chi connectivity index (χ0n) is 13.8. The number of rotatable bonds is 6. The summed E-state index contributed by atoms with van der Waals surface area (Å²) in [6, 6.07) is 4.15. The molecular formula is C16H17Cl2N3O4S. The number of methoxy groups -OCH3 is 1. The molecule has 0 bridgehead atoms. The molecule has 3 rings (SSSR count). The lowest BCUT2D eigenvalue weighted by Gasteiger charge is -2.26. The third-order valence-electron chi connectivity index (χ3n) is 3.97. The standard InChI is InChI=1S/C16H17Cl2N3O4S/c1-24-13-8-20-15(25-16-11(17)5-9(19)6-12(16)18)7-14(13)26(22,23)21-10-3-2-4-10/h5-8,10,21H,2-4,19H2,1H3. The average molecular weight is 418 g/mol. The molecule has 1 aliphatic rings. The van der Waals surface area contributed by atoms with E-state index in [0.717, 1.165) is 19.3 Å². The number of ether oxygens (including phenoxy) is 2. The van der Waals surface area contributed by atoms with Crippen LogP contribution in [0.25, 0.3) is 0 Å². The number of hydrogen-bond donors (Lipinski definition) is 2. The van der Waals surface area contributed by atoms with Gasteiger partial charge in [-0.1, -0.05) is 29.6 Å². The summed E-state index contributed by atoms with van der Waals surface area (Å²) >= 11 is 12.2. The van der Waals surface area contributed by atoms with Gasteiger partial charge in [-0.05, 0) is 25.0 Å². The van der Waals surface area contributed by atoms with Crippen LogP contribution >= 0.6 is 23.2 Å². The quantitative estimate of drug-likeness (QED) is 0.695. The molecular weight excluding hydrogens is 401 g/mol. The Morgan fingerprint density at radius 2 is 1.88 bits per heavy atom. The summed E-state index contributed by atoms with van der Waals surface area (Å²) in [4.78, 5) is 3.98. The molecule has 3 N–H and O–H groups in total. The lowest BCUT2D eigenvalue weighted by atomic mass is 9.94. The van der Waals surface area contributed by atoms with Crippen LogP contribution in [0.5, 0.6) is 17.4 Å². The summed E-state index contributed by atoms with van der Waals surface area (Å²) < 4.78 is 38.7. The van der Waals surface area contributed by atoms with Gasteiger partial charge in [0.2, 0.25) is 15.9 Å². The SMILES string of the molecule is COc1cnc(Oc2c(Cl)cc(N)cc2Cl)cc1S(=O)(=O)NC1CCC1. The second-order valence-electron chi connectivity index (χ2n) is 5.84. The number of aromatic nitrogens is 1. The third kappa shape index (κ3) is 3.98. The van der Waals surface area contributed by atoms with E-state index in [1.165, 1.54) is 31.5 Å². The molecule has 0 aliphatic heterocycles. The Morgan fingerprint density at radius 3 is 2.42 bits per heavy atom. The second kappa shape index (κ2) is 7.48. The van der Waals surface area contributed by atoms with Crippen LogP contribution in [0.3, 0.4) is 0 Å². The fourth-order valence-corrected chi connectivity index (χ4v) is 4.46. The Bertz CT molecular complexity index is 910. The maximum atomic E-state index is 12.7. The van der Waals surface area contributed by atoms with Crippen molar-refractivity contribution in [3.05, 3.63) is 34.4 Å². The van der Waals surface area contributed by atoms with Crippen LogP contribution < -0.4 is 19.9 Å². The van der Waals surface area contributed by atoms with Crippen molar-refractivity contribution in [1.82, 2.24) is 9.71 Å². The molecule has 1 fully saturated rings. The van der Waals surface area contributed by atoms with E-state index in [0.29, 0.717) is 5.69 Å². The Hall–Kier alpha value is -1.74. The maximum Gasteiger partial charge on any atom is 0.244 e. The summed E-state index contributed by atoms with van der Waals surface area (Å²) in [5.74, 6) is 0.252. The maximum absolute atomic E-state index is 12.7. The fourth-order valence-electron chi connectivity index (χ4n) is 2.42. The number of halogens is 2. The largest absolute Gasteiger partial charge is 0.494 e. The molecule has 0 unspecified atom stereocenters. The molecule has 26 heavy (non-hydrogen) atoms. The van der Waals surface area contributed by atoms with Gasteiger partial charge in [0.05, 0.1) is 23.4 Å². The zero-order valence-corrected chi connectivity index (χ0v) is 16.2. The van der Waals surface area contributed by atoms with E-state index in [1.807, 2.05) is 0 Å². The van der Waals surface area contributed by atoms with Gasteiger partial charge in [-0.3, -0.25) is 0 Å². The average Bonchev–Trinajstić information content (AvgIpc) is 2.54. The van der Waals surface area contributed by atoms with Gasteiger partial charge in [-0.2, -0.15) is 0 Å². The van der Waals surface area contributed by atoms with Crippen molar-refractivity contribution in [3.63, 3.8) is 0 Å². The van der Waals surface area contributed by atoms with E-state index in [2.05, 4.69) is 9.71 Å². The van der Waals surface area contributed by atoms with Crippen LogP contribution in [0.2, 0.25) is 10.0 Å². The van der Waals surface area contributed by atoms with Crippen LogP contribution in [0.15, 0.2) is 29.3 Å². The first-order valence-corrected chi connectivity index (χ1v) is 10.0. The number of benzene rings is 1. The normalized spacial score (nSPS) is 14.7. The van der Waals surface area contributed by atoms with Gasteiger partial charge < -0.3 is 15.2 Å². The van der Waals surface area contributed by atoms with E-state index in [9.17, 15) is 8.42 Å². The van der Waals surface area contributed by atoms with E-state index in [4.69, 9.17) is 38.4 Å². The van der Waals surface area contributed by atoms with E-state index in [1.54, 1.807) is 0 Å². The third-order valence-corrected chi connectivity index (χ3v) is 6.07. The minimum Gasteiger partial charge on any atom is -0.494 e. The highest BCUT2D eigenvalue weighted by Crippen LogP contribution is 2.38. The number of nitrogens with zero attached hydrogens (tertiary/aromatic N) is 1. The molecule has 1 saturated carbocycles. The first-order valence-electron chi connectivity index (χ1n) is 7.79. The number of pyridine rings is 1. The highest BCUT2D eigenvalue weighted by Gasteiger charge is 2.28. The summed E-state index contributed by atoms with van der Waals surface area (Å²) in [6.07, 6.45) is 3.90. The Kier molecular flexibility index (Phi) is 5.47. The number of nitrogen functional groups attached to an aromatic ring is 1. The highest BCUT2D eigenvalue weighted by atomic mass is 35.5. The van der Waals surface area contributed by atoms with Gasteiger partial charge in [0.1, 0.15) is 4.90 Å². The van der Waals surface area contributed by atoms with Crippen LogP contribution in [0.1, 0.15) is 19.3 Å². The van der Waals surface area contributed by atoms with Crippen molar-refractivity contribution in [2.75, 3.05) is 12.8 Å². The molecule has 1 heterocycles. The van der Waals surface area contributed by atoms with Crippen LogP contribution in [-0.4, -0.2) is 26.6 Å².